The highest BCUT2D eigenvalue weighted by Gasteiger charge is 2.35. The molecule has 10 nitrogen and oxygen atoms in total. The van der Waals surface area contributed by atoms with Gasteiger partial charge in [-0.25, -0.2) is 14.0 Å². The molecule has 1 aromatic heterocycles. The van der Waals surface area contributed by atoms with Crippen molar-refractivity contribution >= 4 is 22.7 Å². The highest BCUT2D eigenvalue weighted by atomic mass is 19.1. The van der Waals surface area contributed by atoms with Gasteiger partial charge in [0, 0.05) is 19.1 Å². The second-order valence-corrected chi connectivity index (χ2v) is 9.85. The van der Waals surface area contributed by atoms with Crippen molar-refractivity contribution in [3.05, 3.63) is 32.7 Å². The Bertz CT molecular complexity index is 1230. The smallest absolute Gasteiger partial charge is 0.407 e. The predicted molar refractivity (Wildman–Crippen MR) is 122 cm³/mol. The summed E-state index contributed by atoms with van der Waals surface area (Å²) >= 11 is 0. The van der Waals surface area contributed by atoms with E-state index < -0.39 is 28.8 Å². The van der Waals surface area contributed by atoms with Crippen molar-refractivity contribution in [1.29, 1.82) is 0 Å². The highest BCUT2D eigenvalue weighted by Crippen LogP contribution is 2.42. The molecule has 2 aliphatic rings. The van der Waals surface area contributed by atoms with Crippen molar-refractivity contribution in [3.8, 4) is 5.75 Å². The molecular weight excluding hydrogens is 433 g/mol. The molecule has 4 rings (SSSR count). The zero-order chi connectivity index (χ0) is 24.2. The molecule has 0 aliphatic carbocycles. The third kappa shape index (κ3) is 4.00. The van der Waals surface area contributed by atoms with Crippen LogP contribution in [0.4, 0.5) is 14.9 Å². The van der Waals surface area contributed by atoms with Crippen LogP contribution in [0, 0.1) is 11.7 Å². The number of hydrogen-bond donors (Lipinski definition) is 2. The van der Waals surface area contributed by atoms with Gasteiger partial charge in [0.05, 0.1) is 11.4 Å². The van der Waals surface area contributed by atoms with Gasteiger partial charge in [-0.15, -0.1) is 0 Å². The number of carbonyl (C=O) groups excluding carboxylic acids is 1. The summed E-state index contributed by atoms with van der Waals surface area (Å²) in [6.45, 7) is 10.2. The molecule has 1 unspecified atom stereocenters. The monoisotopic (exact) mass is 463 g/mol. The summed E-state index contributed by atoms with van der Waals surface area (Å²) in [6.07, 6.45) is 0.210. The number of benzene rings is 1. The Kier molecular flexibility index (Phi) is 5.53. The van der Waals surface area contributed by atoms with Gasteiger partial charge in [-0.2, -0.15) is 4.68 Å². The fraction of sp³-hybridized carbons (Fsp3) is 0.591. The normalized spacial score (nSPS) is 21.1. The van der Waals surface area contributed by atoms with Gasteiger partial charge >= 0.3 is 11.8 Å². The van der Waals surface area contributed by atoms with E-state index in [0.29, 0.717) is 24.2 Å². The third-order valence-corrected chi connectivity index (χ3v) is 6.19. The van der Waals surface area contributed by atoms with Crippen LogP contribution in [0.15, 0.2) is 15.7 Å². The van der Waals surface area contributed by atoms with Crippen molar-refractivity contribution in [2.45, 2.75) is 58.7 Å². The first kappa shape index (κ1) is 22.9. The van der Waals surface area contributed by atoms with Gasteiger partial charge in [0.2, 0.25) is 0 Å². The molecule has 0 saturated carbocycles. The van der Waals surface area contributed by atoms with Gasteiger partial charge < -0.3 is 25.5 Å². The van der Waals surface area contributed by atoms with Crippen LogP contribution in [0.5, 0.6) is 5.75 Å². The Hall–Kier alpha value is -3.24. The van der Waals surface area contributed by atoms with Gasteiger partial charge in [0.1, 0.15) is 23.4 Å². The zero-order valence-corrected chi connectivity index (χ0v) is 19.5. The Balaban J connectivity index is 1.67. The van der Waals surface area contributed by atoms with Crippen LogP contribution < -0.4 is 32.0 Å². The predicted octanol–water partition coefficient (Wildman–Crippen LogP) is 1.71. The van der Waals surface area contributed by atoms with Crippen molar-refractivity contribution < 1.29 is 18.7 Å². The van der Waals surface area contributed by atoms with Crippen LogP contribution in [0.25, 0.3) is 10.9 Å². The number of carbonyl (C=O) groups is 1. The van der Waals surface area contributed by atoms with E-state index in [1.165, 1.54) is 4.57 Å². The molecule has 180 valence electrons. The first-order valence-corrected chi connectivity index (χ1v) is 11.0. The van der Waals surface area contributed by atoms with E-state index in [2.05, 4.69) is 5.32 Å². The van der Waals surface area contributed by atoms with E-state index in [1.54, 1.807) is 27.7 Å². The average molecular weight is 464 g/mol. The first-order chi connectivity index (χ1) is 15.4. The van der Waals surface area contributed by atoms with Gasteiger partial charge in [-0.1, -0.05) is 0 Å². The Labute approximate surface area is 190 Å². The Morgan fingerprint density at radius 2 is 2.06 bits per heavy atom. The topological polar surface area (TPSA) is 121 Å². The number of rotatable bonds is 3. The maximum Gasteiger partial charge on any atom is 0.407 e. The first-order valence-electron chi connectivity index (χ1n) is 11.0. The van der Waals surface area contributed by atoms with Crippen LogP contribution in [0.1, 0.15) is 47.1 Å². The molecule has 0 radical (unpaired) electrons. The van der Waals surface area contributed by atoms with Crippen LogP contribution >= 0.6 is 0 Å². The average Bonchev–Trinajstić information content (AvgIpc) is 3.19. The number of alkyl carbamates (subject to hydrolysis) is 1. The molecule has 0 spiro atoms. The SMILES string of the molecule is CC(NC(=O)OC(C)(C)C)[C@H]1CCN(c2c(F)cc3c(=O)n(N)c(=O)n4c3c2OC[C@H]4C)C1. The lowest BCUT2D eigenvalue weighted by Gasteiger charge is -2.31. The van der Waals surface area contributed by atoms with Crippen LogP contribution in [-0.2, 0) is 4.74 Å². The standard InChI is InChI=1S/C22H30FN5O5/c1-11-10-32-18-16-14(19(29)28(24)21(31)27(11)16)8-15(23)17(18)26-7-6-13(9-26)12(2)25-20(30)33-22(3,4)5/h8,11-13H,6-7,9-10,24H2,1-5H3,(H,25,30)/t11-,12?,13+/m1/s1. The van der Waals surface area contributed by atoms with E-state index in [9.17, 15) is 14.4 Å². The van der Waals surface area contributed by atoms with Gasteiger partial charge in [-0.05, 0) is 53.0 Å². The van der Waals surface area contributed by atoms with Crippen molar-refractivity contribution in [2.75, 3.05) is 30.4 Å². The summed E-state index contributed by atoms with van der Waals surface area (Å²) in [4.78, 5) is 39.2. The molecule has 1 saturated heterocycles. The summed E-state index contributed by atoms with van der Waals surface area (Å²) in [6, 6.07) is 0.547. The van der Waals surface area contributed by atoms with E-state index in [1.807, 2.05) is 11.8 Å². The number of hydrogen-bond acceptors (Lipinski definition) is 7. The van der Waals surface area contributed by atoms with Gasteiger partial charge in [0.15, 0.2) is 11.6 Å². The van der Waals surface area contributed by atoms with Crippen molar-refractivity contribution in [2.24, 2.45) is 5.92 Å². The molecule has 3 atom stereocenters. The second kappa shape index (κ2) is 7.96. The summed E-state index contributed by atoms with van der Waals surface area (Å²) in [7, 11) is 0. The minimum absolute atomic E-state index is 0.00407. The molecule has 1 fully saturated rings. The highest BCUT2D eigenvalue weighted by molar-refractivity contribution is 5.91. The van der Waals surface area contributed by atoms with E-state index in [-0.39, 0.29) is 46.9 Å². The maximum atomic E-state index is 15.3. The number of nitrogens with zero attached hydrogens (tertiary/aromatic N) is 3. The van der Waals surface area contributed by atoms with Crippen LogP contribution in [0.3, 0.4) is 0 Å². The number of nitrogens with one attached hydrogen (secondary N) is 1. The lowest BCUT2D eigenvalue weighted by Crippen LogP contribution is -2.47. The lowest BCUT2D eigenvalue weighted by molar-refractivity contribution is 0.0494. The number of amides is 1. The van der Waals surface area contributed by atoms with Crippen molar-refractivity contribution in [3.63, 3.8) is 0 Å². The molecule has 33 heavy (non-hydrogen) atoms. The number of anilines is 1. The Morgan fingerprint density at radius 1 is 1.36 bits per heavy atom. The molecular formula is C22H30FN5O5. The third-order valence-electron chi connectivity index (χ3n) is 6.19. The van der Waals surface area contributed by atoms with Gasteiger partial charge in [-0.3, -0.25) is 9.36 Å². The number of halogens is 1. The van der Waals surface area contributed by atoms with Crippen LogP contribution in [0.2, 0.25) is 0 Å². The summed E-state index contributed by atoms with van der Waals surface area (Å²) in [5.41, 5.74) is -1.58. The molecule has 3 N–H and O–H groups in total. The number of nitrogen functional groups attached to an aromatic ring is 1. The second-order valence-electron chi connectivity index (χ2n) is 9.85. The summed E-state index contributed by atoms with van der Waals surface area (Å²) in [5, 5.41) is 2.85. The number of nitrogens with two attached hydrogens (primary N) is 1. The molecule has 2 aromatic rings. The molecule has 11 heteroatoms. The lowest BCUT2D eigenvalue weighted by atomic mass is 10.0. The minimum Gasteiger partial charge on any atom is -0.487 e. The van der Waals surface area contributed by atoms with E-state index in [4.69, 9.17) is 15.3 Å². The quantitative estimate of drug-likeness (QED) is 0.665. The molecule has 3 heterocycles. The molecule has 1 aromatic carbocycles. The van der Waals surface area contributed by atoms with Crippen molar-refractivity contribution in [1.82, 2.24) is 14.6 Å². The summed E-state index contributed by atoms with van der Waals surface area (Å²) in [5.74, 6) is 5.25. The van der Waals surface area contributed by atoms with E-state index >= 15 is 4.39 Å². The van der Waals surface area contributed by atoms with Crippen LogP contribution in [-0.4, -0.2) is 46.7 Å². The maximum absolute atomic E-state index is 15.3. The molecule has 2 aliphatic heterocycles. The van der Waals surface area contributed by atoms with Gasteiger partial charge in [0.25, 0.3) is 5.56 Å². The minimum atomic E-state index is -0.773. The fourth-order valence-electron chi connectivity index (χ4n) is 4.57. The fourth-order valence-corrected chi connectivity index (χ4v) is 4.57. The Morgan fingerprint density at radius 3 is 2.73 bits per heavy atom. The number of ether oxygens (including phenoxy) is 2. The summed E-state index contributed by atoms with van der Waals surface area (Å²) < 4.78 is 28.4. The number of aromatic nitrogens is 2. The molecule has 1 amide bonds. The zero-order valence-electron chi connectivity index (χ0n) is 19.5. The largest absolute Gasteiger partial charge is 0.487 e. The molecule has 0 bridgehead atoms. The van der Waals surface area contributed by atoms with E-state index in [0.717, 1.165) is 6.07 Å².